The molecule has 19 heavy (non-hydrogen) atoms. The van der Waals surface area contributed by atoms with Gasteiger partial charge < -0.3 is 5.11 Å². The Kier molecular flexibility index (Phi) is 2.15. The molecule has 2 aliphatic rings. The zero-order valence-electron chi connectivity index (χ0n) is 10.3. The molecule has 0 radical (unpaired) electrons. The summed E-state index contributed by atoms with van der Waals surface area (Å²) in [7, 11) is 0. The molecule has 1 heterocycles. The average molecular weight is 251 g/mol. The van der Waals surface area contributed by atoms with E-state index < -0.39 is 6.10 Å². The van der Waals surface area contributed by atoms with Crippen molar-refractivity contribution in [2.45, 2.75) is 18.9 Å². The lowest BCUT2D eigenvalue weighted by Crippen LogP contribution is -2.17. The number of benzene rings is 1. The Morgan fingerprint density at radius 1 is 1.26 bits per heavy atom. The minimum absolute atomic E-state index is 0.142. The first kappa shape index (κ1) is 10.9. The van der Waals surface area contributed by atoms with Gasteiger partial charge in [-0.3, -0.25) is 4.79 Å². The molecule has 3 heteroatoms. The highest BCUT2D eigenvalue weighted by Gasteiger charge is 2.35. The van der Waals surface area contributed by atoms with Crippen molar-refractivity contribution in [3.63, 3.8) is 0 Å². The minimum Gasteiger partial charge on any atom is -0.388 e. The van der Waals surface area contributed by atoms with E-state index in [1.807, 2.05) is 30.3 Å². The third kappa shape index (κ3) is 1.55. The monoisotopic (exact) mass is 251 g/mol. The first-order valence-corrected chi connectivity index (χ1v) is 6.55. The number of fused-ring (bicyclic) bond motifs is 4. The van der Waals surface area contributed by atoms with Crippen LogP contribution in [0.1, 0.15) is 30.2 Å². The summed E-state index contributed by atoms with van der Waals surface area (Å²) < 4.78 is 0. The first-order valence-electron chi connectivity index (χ1n) is 6.55. The van der Waals surface area contributed by atoms with Crippen LogP contribution in [0.2, 0.25) is 0 Å². The van der Waals surface area contributed by atoms with Gasteiger partial charge in [-0.05, 0) is 36.1 Å². The van der Waals surface area contributed by atoms with E-state index >= 15 is 0 Å². The summed E-state index contributed by atoms with van der Waals surface area (Å²) in [5.41, 5.74) is 3.59. The van der Waals surface area contributed by atoms with Crippen LogP contribution in [0.3, 0.4) is 0 Å². The van der Waals surface area contributed by atoms with Crippen molar-refractivity contribution in [1.82, 2.24) is 4.98 Å². The van der Waals surface area contributed by atoms with Crippen LogP contribution >= 0.6 is 0 Å². The second-order valence-corrected chi connectivity index (χ2v) is 5.34. The predicted molar refractivity (Wildman–Crippen MR) is 72.4 cm³/mol. The van der Waals surface area contributed by atoms with Crippen LogP contribution in [0.5, 0.6) is 0 Å². The number of pyridine rings is 1. The fraction of sp³-hybridized carbons (Fsp3) is 0.250. The number of ketones is 1. The van der Waals surface area contributed by atoms with Gasteiger partial charge in [0.05, 0.1) is 17.3 Å². The second kappa shape index (κ2) is 3.75. The minimum atomic E-state index is -0.514. The average Bonchev–Trinajstić information content (AvgIpc) is 2.78. The zero-order valence-corrected chi connectivity index (χ0v) is 10.3. The van der Waals surface area contributed by atoms with Crippen molar-refractivity contribution < 1.29 is 9.90 Å². The van der Waals surface area contributed by atoms with Crippen LogP contribution in [-0.4, -0.2) is 15.9 Å². The molecular formula is C16H13NO2. The van der Waals surface area contributed by atoms with Gasteiger partial charge in [-0.2, -0.15) is 0 Å². The van der Waals surface area contributed by atoms with Gasteiger partial charge in [0, 0.05) is 17.4 Å². The van der Waals surface area contributed by atoms with Gasteiger partial charge in [0.1, 0.15) is 0 Å². The van der Waals surface area contributed by atoms with Crippen LogP contribution < -0.4 is 0 Å². The first-order chi connectivity index (χ1) is 9.22. The van der Waals surface area contributed by atoms with Crippen molar-refractivity contribution in [2.24, 2.45) is 5.92 Å². The van der Waals surface area contributed by atoms with E-state index in [0.717, 1.165) is 27.7 Å². The van der Waals surface area contributed by atoms with Gasteiger partial charge in [-0.1, -0.05) is 18.2 Å². The van der Waals surface area contributed by atoms with Gasteiger partial charge in [-0.15, -0.1) is 0 Å². The Bertz CT molecular complexity index is 733. The molecule has 94 valence electrons. The molecular weight excluding hydrogens is 238 g/mol. The maximum atomic E-state index is 11.6. The van der Waals surface area contributed by atoms with Crippen molar-refractivity contribution >= 4 is 22.3 Å². The Balaban J connectivity index is 2.01. The number of aromatic nitrogens is 1. The lowest BCUT2D eigenvalue weighted by molar-refractivity contribution is -0.114. The summed E-state index contributed by atoms with van der Waals surface area (Å²) in [6, 6.07) is 9.88. The third-order valence-electron chi connectivity index (χ3n) is 4.10. The van der Waals surface area contributed by atoms with Gasteiger partial charge in [0.15, 0.2) is 5.78 Å². The maximum Gasteiger partial charge on any atom is 0.156 e. The fourth-order valence-corrected chi connectivity index (χ4v) is 3.19. The van der Waals surface area contributed by atoms with Crippen LogP contribution in [0, 0.1) is 5.92 Å². The summed E-state index contributed by atoms with van der Waals surface area (Å²) in [6.45, 7) is 0. The van der Waals surface area contributed by atoms with E-state index in [4.69, 9.17) is 0 Å². The van der Waals surface area contributed by atoms with E-state index in [9.17, 15) is 9.90 Å². The smallest absolute Gasteiger partial charge is 0.156 e. The molecule has 0 amide bonds. The van der Waals surface area contributed by atoms with Crippen LogP contribution in [0.25, 0.3) is 16.5 Å². The lowest BCUT2D eigenvalue weighted by atomic mass is 9.81. The summed E-state index contributed by atoms with van der Waals surface area (Å²) in [6.07, 6.45) is 2.34. The lowest BCUT2D eigenvalue weighted by Gasteiger charge is -2.27. The molecule has 2 unspecified atom stereocenters. The second-order valence-electron chi connectivity index (χ2n) is 5.34. The van der Waals surface area contributed by atoms with E-state index in [-0.39, 0.29) is 11.7 Å². The number of hydrogen-bond acceptors (Lipinski definition) is 3. The zero-order chi connectivity index (χ0) is 13.0. The standard InChI is InChI=1S/C16H13NO2/c18-11-5-10-7-15(19)13-6-9-3-1-2-4-14(9)17-16(13)12(10)8-11/h1-4,6,8,10,15,19H,5,7H2. The van der Waals surface area contributed by atoms with Crippen LogP contribution in [0.15, 0.2) is 36.4 Å². The van der Waals surface area contributed by atoms with E-state index in [1.165, 1.54) is 0 Å². The van der Waals surface area contributed by atoms with Crippen molar-refractivity contribution in [1.29, 1.82) is 0 Å². The molecule has 0 aliphatic heterocycles. The number of carbonyl (C=O) groups excluding carboxylic acids is 1. The Morgan fingerprint density at radius 2 is 2.11 bits per heavy atom. The largest absolute Gasteiger partial charge is 0.388 e. The summed E-state index contributed by atoms with van der Waals surface area (Å²) in [4.78, 5) is 16.3. The molecule has 4 rings (SSSR count). The van der Waals surface area contributed by atoms with E-state index in [1.54, 1.807) is 6.08 Å². The Labute approximate surface area is 110 Å². The molecule has 0 fully saturated rings. The third-order valence-corrected chi connectivity index (χ3v) is 4.10. The normalized spacial score (nSPS) is 25.1. The Hall–Kier alpha value is -2.00. The maximum absolute atomic E-state index is 11.6. The quantitative estimate of drug-likeness (QED) is 0.783. The van der Waals surface area contributed by atoms with Gasteiger partial charge >= 0.3 is 0 Å². The van der Waals surface area contributed by atoms with Gasteiger partial charge in [0.25, 0.3) is 0 Å². The topological polar surface area (TPSA) is 50.2 Å². The van der Waals surface area contributed by atoms with Crippen molar-refractivity contribution in [3.05, 3.63) is 47.7 Å². The highest BCUT2D eigenvalue weighted by molar-refractivity contribution is 6.03. The SMILES string of the molecule is O=C1C=C2c3nc4ccccc4cc3C(O)CC2C1. The molecule has 2 aromatic rings. The highest BCUT2D eigenvalue weighted by atomic mass is 16.3. The molecule has 1 aromatic carbocycles. The summed E-state index contributed by atoms with van der Waals surface area (Å²) >= 11 is 0. The number of carbonyl (C=O) groups is 1. The van der Waals surface area contributed by atoms with Gasteiger partial charge in [-0.25, -0.2) is 4.98 Å². The number of nitrogens with zero attached hydrogens (tertiary/aromatic N) is 1. The van der Waals surface area contributed by atoms with Gasteiger partial charge in [0.2, 0.25) is 0 Å². The van der Waals surface area contributed by atoms with Crippen molar-refractivity contribution in [2.75, 3.05) is 0 Å². The van der Waals surface area contributed by atoms with E-state index in [2.05, 4.69) is 4.98 Å². The summed E-state index contributed by atoms with van der Waals surface area (Å²) in [5.74, 6) is 0.290. The van der Waals surface area contributed by atoms with Crippen LogP contribution in [0.4, 0.5) is 0 Å². The molecule has 1 N–H and O–H groups in total. The molecule has 3 nitrogen and oxygen atoms in total. The molecule has 0 saturated carbocycles. The number of aliphatic hydroxyl groups excluding tert-OH is 1. The molecule has 2 aliphatic carbocycles. The number of rotatable bonds is 0. The van der Waals surface area contributed by atoms with Crippen molar-refractivity contribution in [3.8, 4) is 0 Å². The fourth-order valence-electron chi connectivity index (χ4n) is 3.19. The Morgan fingerprint density at radius 3 is 3.00 bits per heavy atom. The number of aliphatic hydroxyl groups is 1. The molecule has 0 bridgehead atoms. The molecule has 0 saturated heterocycles. The molecule has 2 atom stereocenters. The predicted octanol–water partition coefficient (Wildman–Crippen LogP) is 2.64. The summed E-state index contributed by atoms with van der Waals surface area (Å²) in [5, 5.41) is 11.3. The van der Waals surface area contributed by atoms with Crippen LogP contribution in [-0.2, 0) is 4.79 Å². The number of para-hydroxylation sites is 1. The number of hydrogen-bond donors (Lipinski definition) is 1. The van der Waals surface area contributed by atoms with E-state index in [0.29, 0.717) is 12.8 Å². The number of allylic oxidation sites excluding steroid dienone is 2. The molecule has 0 spiro atoms. The highest BCUT2D eigenvalue weighted by Crippen LogP contribution is 2.45. The molecule has 1 aromatic heterocycles.